The van der Waals surface area contributed by atoms with Gasteiger partial charge in [-0.3, -0.25) is 19.3 Å². The Kier molecular flexibility index (Phi) is 8.39. The molecule has 0 N–H and O–H groups in total. The van der Waals surface area contributed by atoms with Crippen LogP contribution >= 0.6 is 11.8 Å². The van der Waals surface area contributed by atoms with Gasteiger partial charge >= 0.3 is 5.97 Å². The number of hydrogen-bond acceptors (Lipinski definition) is 8. The van der Waals surface area contributed by atoms with Crippen LogP contribution in [0.25, 0.3) is 6.08 Å². The van der Waals surface area contributed by atoms with Crippen molar-refractivity contribution in [2.75, 3.05) is 26.9 Å². The summed E-state index contributed by atoms with van der Waals surface area (Å²) in [6.45, 7) is 12.4. The molecule has 9 heteroatoms. The third kappa shape index (κ3) is 5.98. The maximum absolute atomic E-state index is 12.5. The zero-order valence-electron chi connectivity index (χ0n) is 22.9. The predicted octanol–water partition coefficient (Wildman–Crippen LogP) is 5.55. The molecule has 2 amide bonds. The van der Waals surface area contributed by atoms with Gasteiger partial charge in [-0.15, -0.1) is 0 Å². The third-order valence-electron chi connectivity index (χ3n) is 7.02. The van der Waals surface area contributed by atoms with Gasteiger partial charge in [-0.05, 0) is 92.8 Å². The Balaban J connectivity index is 1.42. The van der Waals surface area contributed by atoms with Gasteiger partial charge in [-0.2, -0.15) is 0 Å². The van der Waals surface area contributed by atoms with Gasteiger partial charge in [0.25, 0.3) is 11.1 Å². The number of fused-ring (bicyclic) bond motifs is 1. The van der Waals surface area contributed by atoms with E-state index in [1.54, 1.807) is 12.2 Å². The zero-order valence-corrected chi connectivity index (χ0v) is 23.7. The Morgan fingerprint density at radius 1 is 1.13 bits per heavy atom. The molecule has 206 valence electrons. The lowest BCUT2D eigenvalue weighted by molar-refractivity contribution is -0.143. The number of hydrogen-bond donors (Lipinski definition) is 0. The van der Waals surface area contributed by atoms with Gasteiger partial charge in [0.05, 0.1) is 12.0 Å². The number of ether oxygens (including phenoxy) is 4. The van der Waals surface area contributed by atoms with Gasteiger partial charge in [0.1, 0.15) is 42.6 Å². The van der Waals surface area contributed by atoms with Crippen LogP contribution in [0.15, 0.2) is 41.8 Å². The number of thioether (sulfide) groups is 1. The minimum absolute atomic E-state index is 0.248. The highest BCUT2D eigenvalue weighted by atomic mass is 32.2. The number of methoxy groups -OCH3 is 1. The molecule has 2 aromatic carbocycles. The average molecular weight is 552 g/mol. The Hall–Kier alpha value is -3.72. The quantitative estimate of drug-likeness (QED) is 0.228. The fraction of sp³-hybridized carbons (Fsp3) is 0.367. The second kappa shape index (κ2) is 11.6. The third-order valence-corrected chi connectivity index (χ3v) is 7.93. The fourth-order valence-corrected chi connectivity index (χ4v) is 5.46. The summed E-state index contributed by atoms with van der Waals surface area (Å²) in [4.78, 5) is 37.3. The van der Waals surface area contributed by atoms with Crippen molar-refractivity contribution in [1.29, 1.82) is 0 Å². The largest absolute Gasteiger partial charge is 0.489 e. The number of rotatable bonds is 9. The molecule has 1 fully saturated rings. The van der Waals surface area contributed by atoms with Gasteiger partial charge in [0.2, 0.25) is 0 Å². The van der Waals surface area contributed by atoms with E-state index in [1.165, 1.54) is 12.7 Å². The first-order valence-corrected chi connectivity index (χ1v) is 13.5. The molecular weight excluding hydrogens is 518 g/mol. The van der Waals surface area contributed by atoms with Crippen LogP contribution in [0, 0.1) is 20.8 Å². The molecule has 2 aliphatic rings. The smallest absolute Gasteiger partial charge is 0.325 e. The molecule has 1 saturated heterocycles. The second-order valence-electron chi connectivity index (χ2n) is 9.87. The summed E-state index contributed by atoms with van der Waals surface area (Å²) in [5.41, 5.74) is 4.65. The van der Waals surface area contributed by atoms with E-state index in [0.29, 0.717) is 19.0 Å². The molecule has 0 spiro atoms. The molecule has 1 unspecified atom stereocenters. The molecule has 2 aromatic rings. The molecule has 1 atom stereocenters. The molecule has 8 nitrogen and oxygen atoms in total. The van der Waals surface area contributed by atoms with E-state index in [9.17, 15) is 14.4 Å². The predicted molar refractivity (Wildman–Crippen MR) is 150 cm³/mol. The Morgan fingerprint density at radius 2 is 1.85 bits per heavy atom. The monoisotopic (exact) mass is 551 g/mol. The van der Waals surface area contributed by atoms with Gasteiger partial charge in [-0.25, -0.2) is 0 Å². The molecule has 39 heavy (non-hydrogen) atoms. The van der Waals surface area contributed by atoms with Crippen LogP contribution in [-0.2, 0) is 20.7 Å². The molecular formula is C30H33NO7S. The lowest BCUT2D eigenvalue weighted by atomic mass is 9.87. The van der Waals surface area contributed by atoms with Gasteiger partial charge in [0, 0.05) is 5.56 Å². The van der Waals surface area contributed by atoms with Gasteiger partial charge in [-0.1, -0.05) is 24.8 Å². The first-order chi connectivity index (χ1) is 18.6. The van der Waals surface area contributed by atoms with Gasteiger partial charge in [0.15, 0.2) is 0 Å². The first kappa shape index (κ1) is 28.3. The van der Waals surface area contributed by atoms with E-state index >= 15 is 0 Å². The zero-order chi connectivity index (χ0) is 28.3. The topological polar surface area (TPSA) is 91.4 Å². The number of amides is 2. The maximum Gasteiger partial charge on any atom is 0.325 e. The molecule has 2 aliphatic heterocycles. The van der Waals surface area contributed by atoms with E-state index in [-0.39, 0.29) is 4.91 Å². The maximum atomic E-state index is 12.5. The summed E-state index contributed by atoms with van der Waals surface area (Å²) in [5.74, 6) is 1.31. The Morgan fingerprint density at radius 3 is 2.51 bits per heavy atom. The number of imide groups is 1. The summed E-state index contributed by atoms with van der Waals surface area (Å²) in [7, 11) is 1.21. The minimum atomic E-state index is -0.651. The van der Waals surface area contributed by atoms with Crippen molar-refractivity contribution in [3.8, 4) is 17.2 Å². The average Bonchev–Trinajstić information content (AvgIpc) is 3.18. The van der Waals surface area contributed by atoms with Crippen molar-refractivity contribution >= 4 is 35.0 Å². The van der Waals surface area contributed by atoms with Crippen molar-refractivity contribution in [2.45, 2.75) is 46.1 Å². The van der Waals surface area contributed by atoms with E-state index in [2.05, 4.69) is 32.1 Å². The van der Waals surface area contributed by atoms with Crippen LogP contribution in [0.3, 0.4) is 0 Å². The Bertz CT molecular complexity index is 1350. The standard InChI is InChI=1S/C30H33NO7S/c1-7-14-36-26-18(2)19(3)27-23(20(26)4)12-13-30(5,38-27)17-37-22-10-8-21(9-11-22)15-24-28(33)31(29(34)39-24)16-25(32)35-6/h7-11,15H,1,12-14,16-17H2,2-6H3/b24-15-. The summed E-state index contributed by atoms with van der Waals surface area (Å²) in [6, 6.07) is 7.25. The number of esters is 1. The summed E-state index contributed by atoms with van der Waals surface area (Å²) in [5, 5.41) is -0.500. The lowest BCUT2D eigenvalue weighted by Gasteiger charge is -2.38. The van der Waals surface area contributed by atoms with Crippen LogP contribution in [0.1, 0.15) is 41.2 Å². The van der Waals surface area contributed by atoms with Crippen LogP contribution in [0.2, 0.25) is 0 Å². The van der Waals surface area contributed by atoms with E-state index < -0.39 is 29.3 Å². The normalized spacial score (nSPS) is 19.5. The summed E-state index contributed by atoms with van der Waals surface area (Å²) in [6.07, 6.45) is 5.02. The van der Waals surface area contributed by atoms with Crippen LogP contribution in [0.5, 0.6) is 17.2 Å². The van der Waals surface area contributed by atoms with Crippen LogP contribution in [0.4, 0.5) is 4.79 Å². The van der Waals surface area contributed by atoms with Crippen molar-refractivity contribution < 1.29 is 33.3 Å². The lowest BCUT2D eigenvalue weighted by Crippen LogP contribution is -2.42. The molecule has 2 heterocycles. The van der Waals surface area contributed by atoms with E-state index in [1.807, 2.05) is 31.2 Å². The SMILES string of the molecule is C=CCOc1c(C)c(C)c2c(c1C)CCC(C)(COc1ccc(/C=C3\SC(=O)N(CC(=O)OC)C3=O)cc1)O2. The minimum Gasteiger partial charge on any atom is -0.489 e. The molecule has 0 aromatic heterocycles. The Labute approximate surface area is 232 Å². The van der Waals surface area contributed by atoms with Crippen molar-refractivity contribution in [2.24, 2.45) is 0 Å². The number of carbonyl (C=O) groups is 3. The molecule has 0 radical (unpaired) electrons. The number of nitrogens with zero attached hydrogens (tertiary/aromatic N) is 1. The highest BCUT2D eigenvalue weighted by Gasteiger charge is 2.37. The number of benzene rings is 2. The van der Waals surface area contributed by atoms with Crippen LogP contribution in [-0.4, -0.2) is 54.5 Å². The summed E-state index contributed by atoms with van der Waals surface area (Å²) < 4.78 is 23.2. The molecule has 4 rings (SSSR count). The molecule has 0 aliphatic carbocycles. The van der Waals surface area contributed by atoms with E-state index in [4.69, 9.17) is 14.2 Å². The molecule has 0 bridgehead atoms. The molecule has 0 saturated carbocycles. The summed E-state index contributed by atoms with van der Waals surface area (Å²) >= 11 is 0.795. The van der Waals surface area contributed by atoms with Crippen molar-refractivity contribution in [3.63, 3.8) is 0 Å². The second-order valence-corrected chi connectivity index (χ2v) is 10.9. The highest BCUT2D eigenvalue weighted by Crippen LogP contribution is 2.44. The van der Waals surface area contributed by atoms with E-state index in [0.717, 1.165) is 63.3 Å². The van der Waals surface area contributed by atoms with Crippen molar-refractivity contribution in [3.05, 3.63) is 69.6 Å². The first-order valence-electron chi connectivity index (χ1n) is 12.7. The number of carbonyl (C=O) groups excluding carboxylic acids is 3. The van der Waals surface area contributed by atoms with Gasteiger partial charge < -0.3 is 18.9 Å². The van der Waals surface area contributed by atoms with Crippen LogP contribution < -0.4 is 14.2 Å². The fourth-order valence-electron chi connectivity index (χ4n) is 4.62. The van der Waals surface area contributed by atoms with Crippen molar-refractivity contribution in [1.82, 2.24) is 4.90 Å². The highest BCUT2D eigenvalue weighted by molar-refractivity contribution is 8.18.